The van der Waals surface area contributed by atoms with E-state index in [4.69, 9.17) is 0 Å². The van der Waals surface area contributed by atoms with Crippen molar-refractivity contribution in [2.24, 2.45) is 0 Å². The molecule has 72 valence electrons. The number of thiophene rings is 1. The van der Waals surface area contributed by atoms with Crippen LogP contribution in [0.4, 0.5) is 0 Å². The Bertz CT molecular complexity index is 515. The van der Waals surface area contributed by atoms with E-state index in [2.05, 4.69) is 20.9 Å². The Morgan fingerprint density at radius 1 is 1.50 bits per heavy atom. The number of hydrogen-bond donors (Lipinski definition) is 1. The van der Waals surface area contributed by atoms with Crippen molar-refractivity contribution in [1.29, 1.82) is 0 Å². The van der Waals surface area contributed by atoms with Crippen molar-refractivity contribution >= 4 is 27.3 Å². The smallest absolute Gasteiger partial charge is 0.250 e. The summed E-state index contributed by atoms with van der Waals surface area (Å²) in [6.07, 6.45) is 1.74. The number of rotatable bonds is 1. The molecular weight excluding hydrogens is 262 g/mol. The molecule has 2 heterocycles. The molecule has 0 radical (unpaired) electrons. The van der Waals surface area contributed by atoms with Gasteiger partial charge in [0, 0.05) is 26.7 Å². The Kier molecular flexibility index (Phi) is 2.56. The summed E-state index contributed by atoms with van der Waals surface area (Å²) in [6, 6.07) is 3.90. The van der Waals surface area contributed by atoms with Gasteiger partial charge in [-0.15, -0.1) is 11.3 Å². The molecule has 0 aliphatic carbocycles. The molecule has 0 spiro atoms. The molecule has 2 aromatic rings. The molecule has 4 heteroatoms. The summed E-state index contributed by atoms with van der Waals surface area (Å²) in [4.78, 5) is 15.0. The Labute approximate surface area is 93.7 Å². The number of hydrogen-bond acceptors (Lipinski definition) is 2. The second-order valence-electron chi connectivity index (χ2n) is 3.00. The monoisotopic (exact) mass is 269 g/mol. The largest absolute Gasteiger partial charge is 0.328 e. The number of halogens is 1. The fourth-order valence-electron chi connectivity index (χ4n) is 1.23. The lowest BCUT2D eigenvalue weighted by molar-refractivity contribution is 1.19. The van der Waals surface area contributed by atoms with Crippen molar-refractivity contribution in [2.45, 2.75) is 6.92 Å². The summed E-state index contributed by atoms with van der Waals surface area (Å²) < 4.78 is 1.06. The van der Waals surface area contributed by atoms with Crippen molar-refractivity contribution in [1.82, 2.24) is 4.98 Å². The van der Waals surface area contributed by atoms with Crippen molar-refractivity contribution in [3.63, 3.8) is 0 Å². The minimum absolute atomic E-state index is 0.0265. The van der Waals surface area contributed by atoms with Gasteiger partial charge in [-0.1, -0.05) is 0 Å². The fourth-order valence-corrected chi connectivity index (χ4v) is 2.82. The van der Waals surface area contributed by atoms with Crippen LogP contribution in [0.2, 0.25) is 0 Å². The van der Waals surface area contributed by atoms with Gasteiger partial charge in [0.25, 0.3) is 5.56 Å². The Hall–Kier alpha value is -0.870. The van der Waals surface area contributed by atoms with E-state index in [9.17, 15) is 4.79 Å². The predicted octanol–water partition coefficient (Wildman–Crippen LogP) is 3.17. The highest BCUT2D eigenvalue weighted by Crippen LogP contribution is 2.32. The van der Waals surface area contributed by atoms with E-state index in [0.717, 1.165) is 20.5 Å². The van der Waals surface area contributed by atoms with Gasteiger partial charge in [-0.3, -0.25) is 4.79 Å². The van der Waals surface area contributed by atoms with Crippen LogP contribution in [0.1, 0.15) is 5.56 Å². The molecule has 2 aromatic heterocycles. The average molecular weight is 270 g/mol. The van der Waals surface area contributed by atoms with E-state index in [1.165, 1.54) is 0 Å². The standard InChI is InChI=1S/C10H8BrNOS/c1-6-4-7(5-12-10(6)13)9-8(11)2-3-14-9/h2-5H,1H3,(H,12,13). The number of nitrogens with one attached hydrogen (secondary N) is 1. The third-order valence-corrected chi connectivity index (χ3v) is 3.86. The van der Waals surface area contributed by atoms with E-state index < -0.39 is 0 Å². The predicted molar refractivity (Wildman–Crippen MR) is 62.8 cm³/mol. The molecule has 0 aliphatic heterocycles. The van der Waals surface area contributed by atoms with E-state index >= 15 is 0 Å². The number of aryl methyl sites for hydroxylation is 1. The number of aromatic amines is 1. The normalized spacial score (nSPS) is 10.4. The Morgan fingerprint density at radius 3 is 2.86 bits per heavy atom. The van der Waals surface area contributed by atoms with Crippen LogP contribution in [-0.4, -0.2) is 4.98 Å². The maximum atomic E-state index is 11.2. The number of aromatic nitrogens is 1. The zero-order valence-electron chi connectivity index (χ0n) is 7.50. The average Bonchev–Trinajstić information content (AvgIpc) is 2.57. The van der Waals surface area contributed by atoms with Gasteiger partial charge in [0.05, 0.1) is 0 Å². The topological polar surface area (TPSA) is 32.9 Å². The molecule has 2 nitrogen and oxygen atoms in total. The molecule has 0 saturated carbocycles. The van der Waals surface area contributed by atoms with Gasteiger partial charge >= 0.3 is 0 Å². The molecule has 0 amide bonds. The van der Waals surface area contributed by atoms with E-state index in [-0.39, 0.29) is 5.56 Å². The minimum atomic E-state index is -0.0265. The first-order valence-corrected chi connectivity index (χ1v) is 5.78. The summed E-state index contributed by atoms with van der Waals surface area (Å²) in [5, 5.41) is 2.01. The summed E-state index contributed by atoms with van der Waals surface area (Å²) in [5.41, 5.74) is 1.76. The highest BCUT2D eigenvalue weighted by Gasteiger charge is 2.05. The van der Waals surface area contributed by atoms with Crippen molar-refractivity contribution in [2.75, 3.05) is 0 Å². The summed E-state index contributed by atoms with van der Waals surface area (Å²) in [6.45, 7) is 1.81. The zero-order valence-corrected chi connectivity index (χ0v) is 9.91. The van der Waals surface area contributed by atoms with Crippen LogP contribution in [0.3, 0.4) is 0 Å². The van der Waals surface area contributed by atoms with Gasteiger partial charge in [-0.2, -0.15) is 0 Å². The minimum Gasteiger partial charge on any atom is -0.328 e. The Morgan fingerprint density at radius 2 is 2.29 bits per heavy atom. The van der Waals surface area contributed by atoms with E-state index in [1.807, 2.05) is 24.4 Å². The SMILES string of the molecule is Cc1cc(-c2sccc2Br)c[nH]c1=O. The van der Waals surface area contributed by atoms with Crippen molar-refractivity contribution in [3.8, 4) is 10.4 Å². The van der Waals surface area contributed by atoms with Crippen LogP contribution in [0.25, 0.3) is 10.4 Å². The van der Waals surface area contributed by atoms with E-state index in [1.54, 1.807) is 17.5 Å². The zero-order chi connectivity index (χ0) is 10.1. The van der Waals surface area contributed by atoms with Crippen LogP contribution in [0.5, 0.6) is 0 Å². The van der Waals surface area contributed by atoms with Crippen LogP contribution < -0.4 is 5.56 Å². The van der Waals surface area contributed by atoms with Gasteiger partial charge in [0.2, 0.25) is 0 Å². The molecule has 0 bridgehead atoms. The first-order valence-electron chi connectivity index (χ1n) is 4.11. The summed E-state index contributed by atoms with van der Waals surface area (Å²) in [5.74, 6) is 0. The maximum Gasteiger partial charge on any atom is 0.250 e. The summed E-state index contributed by atoms with van der Waals surface area (Å²) >= 11 is 5.11. The first kappa shape index (κ1) is 9.68. The van der Waals surface area contributed by atoms with Crippen LogP contribution in [-0.2, 0) is 0 Å². The molecule has 0 aliphatic rings. The molecule has 0 fully saturated rings. The molecule has 14 heavy (non-hydrogen) atoms. The second kappa shape index (κ2) is 3.71. The Balaban J connectivity index is 2.59. The van der Waals surface area contributed by atoms with Gasteiger partial charge in [0.15, 0.2) is 0 Å². The summed E-state index contributed by atoms with van der Waals surface area (Å²) in [7, 11) is 0. The first-order chi connectivity index (χ1) is 6.68. The molecule has 0 atom stereocenters. The van der Waals surface area contributed by atoms with Crippen molar-refractivity contribution in [3.05, 3.63) is 44.1 Å². The van der Waals surface area contributed by atoms with Gasteiger partial charge < -0.3 is 4.98 Å². The lowest BCUT2D eigenvalue weighted by Gasteiger charge is -1.99. The van der Waals surface area contributed by atoms with Gasteiger partial charge in [-0.25, -0.2) is 0 Å². The third kappa shape index (κ3) is 1.67. The molecule has 2 rings (SSSR count). The number of H-pyrrole nitrogens is 1. The van der Waals surface area contributed by atoms with Crippen molar-refractivity contribution < 1.29 is 0 Å². The lowest BCUT2D eigenvalue weighted by Crippen LogP contribution is -2.07. The fraction of sp³-hybridized carbons (Fsp3) is 0.100. The third-order valence-electron chi connectivity index (χ3n) is 1.97. The van der Waals surface area contributed by atoms with E-state index in [0.29, 0.717) is 0 Å². The maximum absolute atomic E-state index is 11.2. The van der Waals surface area contributed by atoms with Crippen LogP contribution in [0, 0.1) is 6.92 Å². The molecular formula is C10H8BrNOS. The molecule has 1 N–H and O–H groups in total. The highest BCUT2D eigenvalue weighted by atomic mass is 79.9. The highest BCUT2D eigenvalue weighted by molar-refractivity contribution is 9.10. The molecule has 0 saturated heterocycles. The quantitative estimate of drug-likeness (QED) is 0.848. The van der Waals surface area contributed by atoms with Crippen LogP contribution >= 0.6 is 27.3 Å². The molecule has 0 aromatic carbocycles. The number of pyridine rings is 1. The van der Waals surface area contributed by atoms with Gasteiger partial charge in [0.1, 0.15) is 0 Å². The van der Waals surface area contributed by atoms with Gasteiger partial charge in [-0.05, 0) is 40.4 Å². The lowest BCUT2D eigenvalue weighted by atomic mass is 10.2. The van der Waals surface area contributed by atoms with Crippen LogP contribution in [0.15, 0.2) is 33.0 Å². The molecule has 0 unspecified atom stereocenters. The second-order valence-corrected chi connectivity index (χ2v) is 4.77.